The summed E-state index contributed by atoms with van der Waals surface area (Å²) in [7, 11) is 0. The van der Waals surface area contributed by atoms with Crippen molar-refractivity contribution in [1.82, 2.24) is 20.1 Å². The van der Waals surface area contributed by atoms with E-state index in [9.17, 15) is 23.2 Å². The number of hydrogen-bond donors (Lipinski definition) is 3. The van der Waals surface area contributed by atoms with Gasteiger partial charge < -0.3 is 15.6 Å². The lowest BCUT2D eigenvalue weighted by Gasteiger charge is -2.07. The van der Waals surface area contributed by atoms with Crippen LogP contribution in [0.4, 0.5) is 14.5 Å². The van der Waals surface area contributed by atoms with Crippen molar-refractivity contribution in [3.63, 3.8) is 0 Å². The van der Waals surface area contributed by atoms with Crippen molar-refractivity contribution in [3.05, 3.63) is 123 Å². The molecule has 2 aromatic heterocycles. The number of anilines is 1. The summed E-state index contributed by atoms with van der Waals surface area (Å²) in [6.45, 7) is 0.0268. The van der Waals surface area contributed by atoms with Crippen LogP contribution in [-0.2, 0) is 11.3 Å². The zero-order chi connectivity index (χ0) is 26.6. The summed E-state index contributed by atoms with van der Waals surface area (Å²) in [5.74, 6) is -2.80. The van der Waals surface area contributed by atoms with Crippen LogP contribution in [-0.4, -0.2) is 33.1 Å². The van der Waals surface area contributed by atoms with Gasteiger partial charge in [0.25, 0.3) is 17.4 Å². The second kappa shape index (κ2) is 10.5. The summed E-state index contributed by atoms with van der Waals surface area (Å²) >= 11 is 0. The van der Waals surface area contributed by atoms with E-state index in [2.05, 4.69) is 20.7 Å². The van der Waals surface area contributed by atoms with Crippen molar-refractivity contribution >= 4 is 35.2 Å². The average molecular weight is 514 g/mol. The van der Waals surface area contributed by atoms with E-state index >= 15 is 0 Å². The molecule has 0 radical (unpaired) electrons. The minimum absolute atomic E-state index is 0.117. The largest absolute Gasteiger partial charge is 0.362 e. The summed E-state index contributed by atoms with van der Waals surface area (Å²) in [5, 5.41) is 9.43. The van der Waals surface area contributed by atoms with Crippen molar-refractivity contribution in [1.29, 1.82) is 0 Å². The number of fused-ring (bicyclic) bond motifs is 1. The number of aromatic amines is 1. The van der Waals surface area contributed by atoms with Gasteiger partial charge in [-0.2, -0.15) is 5.10 Å². The minimum atomic E-state index is -1.03. The number of amides is 2. The molecule has 4 aromatic rings. The van der Waals surface area contributed by atoms with Crippen molar-refractivity contribution in [2.75, 3.05) is 11.9 Å². The molecule has 0 spiro atoms. The molecular formula is C28H21F2N5O3. The highest BCUT2D eigenvalue weighted by atomic mass is 19.2. The molecule has 38 heavy (non-hydrogen) atoms. The number of hydrogen-bond acceptors (Lipinski definition) is 4. The molecule has 5 rings (SSSR count). The van der Waals surface area contributed by atoms with Gasteiger partial charge in [-0.05, 0) is 53.6 Å². The predicted molar refractivity (Wildman–Crippen MR) is 139 cm³/mol. The van der Waals surface area contributed by atoms with Gasteiger partial charge in [-0.1, -0.05) is 30.4 Å². The minimum Gasteiger partial charge on any atom is -0.362 e. The van der Waals surface area contributed by atoms with Gasteiger partial charge in [-0.15, -0.1) is 0 Å². The molecule has 10 heteroatoms. The Labute approximate surface area is 215 Å². The molecule has 0 saturated carbocycles. The third-order valence-corrected chi connectivity index (χ3v) is 5.91. The molecule has 3 heterocycles. The van der Waals surface area contributed by atoms with E-state index in [0.717, 1.165) is 33.6 Å². The number of nitrogens with zero attached hydrogens (tertiary/aromatic N) is 2. The quantitative estimate of drug-likeness (QED) is 0.326. The number of carbonyl (C=O) groups is 2. The summed E-state index contributed by atoms with van der Waals surface area (Å²) in [5.41, 5.74) is 3.25. The maximum absolute atomic E-state index is 13.5. The topological polar surface area (TPSA) is 109 Å². The van der Waals surface area contributed by atoms with Crippen LogP contribution in [0.1, 0.15) is 32.7 Å². The molecule has 0 aliphatic carbocycles. The highest BCUT2D eigenvalue weighted by Crippen LogP contribution is 2.33. The average Bonchev–Trinajstić information content (AvgIpc) is 3.53. The number of aromatic nitrogens is 3. The van der Waals surface area contributed by atoms with Crippen LogP contribution in [0.25, 0.3) is 17.7 Å². The fourth-order valence-electron chi connectivity index (χ4n) is 4.04. The number of rotatable bonds is 7. The molecule has 190 valence electrons. The predicted octanol–water partition coefficient (Wildman–Crippen LogP) is 3.83. The third-order valence-electron chi connectivity index (χ3n) is 5.91. The Morgan fingerprint density at radius 2 is 1.92 bits per heavy atom. The molecular weight excluding hydrogens is 492 g/mol. The van der Waals surface area contributed by atoms with Gasteiger partial charge in [0, 0.05) is 35.9 Å². The first kappa shape index (κ1) is 24.6. The van der Waals surface area contributed by atoms with E-state index in [-0.39, 0.29) is 24.6 Å². The van der Waals surface area contributed by atoms with Gasteiger partial charge in [-0.25, -0.2) is 13.5 Å². The zero-order valence-electron chi connectivity index (χ0n) is 19.9. The van der Waals surface area contributed by atoms with Crippen LogP contribution < -0.4 is 16.2 Å². The lowest BCUT2D eigenvalue weighted by Crippen LogP contribution is -2.34. The van der Waals surface area contributed by atoms with Crippen LogP contribution >= 0.6 is 0 Å². The second-order valence-electron chi connectivity index (χ2n) is 8.51. The normalized spacial score (nSPS) is 13.6. The Bertz CT molecular complexity index is 1660. The monoisotopic (exact) mass is 513 g/mol. The molecule has 2 amide bonds. The first-order valence-electron chi connectivity index (χ1n) is 11.6. The lowest BCUT2D eigenvalue weighted by molar-refractivity contribution is -0.110. The SMILES string of the molecule is O=C1Nc2cc(/C=C/CNC(=O)c3ccnn(Cc4ccc(F)c(F)c4)c3=O)ccc2/C1=C/c1ccc[nH]1. The van der Waals surface area contributed by atoms with Crippen LogP contribution in [0.5, 0.6) is 0 Å². The Morgan fingerprint density at radius 3 is 2.71 bits per heavy atom. The van der Waals surface area contributed by atoms with Gasteiger partial charge in [0.1, 0.15) is 5.56 Å². The molecule has 1 aliphatic heterocycles. The lowest BCUT2D eigenvalue weighted by atomic mass is 10.0. The van der Waals surface area contributed by atoms with E-state index in [1.165, 1.54) is 18.3 Å². The number of H-pyrrole nitrogens is 1. The van der Waals surface area contributed by atoms with E-state index in [0.29, 0.717) is 16.8 Å². The Balaban J connectivity index is 1.22. The second-order valence-corrected chi connectivity index (χ2v) is 8.51. The van der Waals surface area contributed by atoms with Gasteiger partial charge in [-0.3, -0.25) is 14.4 Å². The molecule has 0 fully saturated rings. The van der Waals surface area contributed by atoms with E-state index in [1.54, 1.807) is 24.4 Å². The summed E-state index contributed by atoms with van der Waals surface area (Å²) in [6.07, 6.45) is 8.37. The van der Waals surface area contributed by atoms with Crippen molar-refractivity contribution in [2.24, 2.45) is 0 Å². The summed E-state index contributed by atoms with van der Waals surface area (Å²) < 4.78 is 27.6. The van der Waals surface area contributed by atoms with Crippen LogP contribution in [0.2, 0.25) is 0 Å². The van der Waals surface area contributed by atoms with E-state index < -0.39 is 23.1 Å². The van der Waals surface area contributed by atoms with Crippen LogP contribution in [0.15, 0.2) is 77.9 Å². The molecule has 0 bridgehead atoms. The van der Waals surface area contributed by atoms with Crippen molar-refractivity contribution in [2.45, 2.75) is 6.54 Å². The van der Waals surface area contributed by atoms with Gasteiger partial charge in [0.15, 0.2) is 11.6 Å². The number of carbonyl (C=O) groups excluding carboxylic acids is 2. The summed E-state index contributed by atoms with van der Waals surface area (Å²) in [4.78, 5) is 40.7. The number of nitrogens with one attached hydrogen (secondary N) is 3. The van der Waals surface area contributed by atoms with Crippen LogP contribution in [0, 0.1) is 11.6 Å². The summed E-state index contributed by atoms with van der Waals surface area (Å²) in [6, 6.07) is 13.9. The Hall–Kier alpha value is -5.12. The number of benzene rings is 2. The highest BCUT2D eigenvalue weighted by Gasteiger charge is 2.24. The molecule has 8 nitrogen and oxygen atoms in total. The van der Waals surface area contributed by atoms with Gasteiger partial charge in [0.2, 0.25) is 0 Å². The van der Waals surface area contributed by atoms with E-state index in [1.807, 2.05) is 30.3 Å². The molecule has 0 saturated heterocycles. The van der Waals surface area contributed by atoms with Gasteiger partial charge in [0.05, 0.1) is 12.1 Å². The molecule has 3 N–H and O–H groups in total. The first-order valence-corrected chi connectivity index (χ1v) is 11.6. The standard InChI is InChI=1S/C28H21F2N5O3/c29-23-8-6-18(13-24(23)30)16-35-28(38)21(9-12-33-35)26(36)32-11-1-3-17-5-7-20-22(15-19-4-2-10-31-19)27(37)34-25(20)14-17/h1-10,12-15,31H,11,16H2,(H,32,36)(H,34,37)/b3-1+,22-15-. The zero-order valence-corrected chi connectivity index (χ0v) is 19.9. The molecule has 0 atom stereocenters. The van der Waals surface area contributed by atoms with Gasteiger partial charge >= 0.3 is 0 Å². The highest BCUT2D eigenvalue weighted by molar-refractivity contribution is 6.34. The molecule has 1 aliphatic rings. The van der Waals surface area contributed by atoms with E-state index in [4.69, 9.17) is 0 Å². The number of halogens is 2. The van der Waals surface area contributed by atoms with Crippen LogP contribution in [0.3, 0.4) is 0 Å². The maximum atomic E-state index is 13.5. The maximum Gasteiger partial charge on any atom is 0.279 e. The Kier molecular flexibility index (Phi) is 6.77. The fourth-order valence-corrected chi connectivity index (χ4v) is 4.04. The molecule has 2 aromatic carbocycles. The fraction of sp³-hybridized carbons (Fsp3) is 0.0714. The smallest absolute Gasteiger partial charge is 0.279 e. The Morgan fingerprint density at radius 1 is 1.05 bits per heavy atom. The van der Waals surface area contributed by atoms with Crippen molar-refractivity contribution in [3.8, 4) is 0 Å². The van der Waals surface area contributed by atoms with Crippen molar-refractivity contribution < 1.29 is 18.4 Å². The third kappa shape index (κ3) is 5.19. The first-order chi connectivity index (χ1) is 18.4. The molecule has 0 unspecified atom stereocenters.